The number of rotatable bonds is 11. The summed E-state index contributed by atoms with van der Waals surface area (Å²) in [6.07, 6.45) is 8.68. The monoisotopic (exact) mass is 477 g/mol. The van der Waals surface area contributed by atoms with E-state index in [4.69, 9.17) is 9.15 Å². The molecule has 1 aliphatic carbocycles. The lowest BCUT2D eigenvalue weighted by atomic mass is 9.94. The summed E-state index contributed by atoms with van der Waals surface area (Å²) in [6.45, 7) is 2.11. The van der Waals surface area contributed by atoms with Crippen LogP contribution in [0.25, 0.3) is 0 Å². The first-order chi connectivity index (χ1) is 17.2. The summed E-state index contributed by atoms with van der Waals surface area (Å²) >= 11 is 0. The van der Waals surface area contributed by atoms with Crippen molar-refractivity contribution in [2.24, 2.45) is 0 Å². The maximum Gasteiger partial charge on any atom is 0.290 e. The highest BCUT2D eigenvalue weighted by Crippen LogP contribution is 2.24. The minimum Gasteiger partial charge on any atom is -0.459 e. The third-order valence-corrected chi connectivity index (χ3v) is 6.70. The van der Waals surface area contributed by atoms with Crippen molar-refractivity contribution in [1.29, 1.82) is 0 Å². The van der Waals surface area contributed by atoms with Crippen molar-refractivity contribution in [2.75, 3.05) is 26.8 Å². The second-order valence-electron chi connectivity index (χ2n) is 9.12. The highest BCUT2D eigenvalue weighted by atomic mass is 16.5. The van der Waals surface area contributed by atoms with E-state index in [0.29, 0.717) is 19.7 Å². The number of amides is 2. The Morgan fingerprint density at radius 1 is 1.03 bits per heavy atom. The van der Waals surface area contributed by atoms with Gasteiger partial charge in [-0.1, -0.05) is 49.6 Å². The number of benzene rings is 1. The summed E-state index contributed by atoms with van der Waals surface area (Å²) < 4.78 is 12.9. The van der Waals surface area contributed by atoms with Gasteiger partial charge >= 0.3 is 0 Å². The molecule has 0 aliphatic heterocycles. The molecule has 7 nitrogen and oxygen atoms in total. The van der Waals surface area contributed by atoms with Gasteiger partial charge in [-0.15, -0.1) is 0 Å². The van der Waals surface area contributed by atoms with E-state index in [1.165, 1.54) is 18.2 Å². The normalized spacial score (nSPS) is 14.1. The lowest BCUT2D eigenvalue weighted by Gasteiger charge is -2.35. The Morgan fingerprint density at radius 3 is 2.54 bits per heavy atom. The number of hydrogen-bond donors (Lipinski definition) is 0. The first kappa shape index (κ1) is 24.8. The number of ether oxygens (including phenoxy) is 1. The van der Waals surface area contributed by atoms with E-state index in [1.54, 1.807) is 29.0 Å². The number of nitrogens with zero attached hydrogens (tertiary/aromatic N) is 3. The van der Waals surface area contributed by atoms with Crippen molar-refractivity contribution in [3.8, 4) is 0 Å². The molecule has 2 aromatic heterocycles. The number of methoxy groups -OCH3 is 1. The lowest BCUT2D eigenvalue weighted by molar-refractivity contribution is -0.133. The molecule has 0 atom stereocenters. The minimum atomic E-state index is -0.214. The zero-order chi connectivity index (χ0) is 24.5. The average molecular weight is 478 g/mol. The highest BCUT2D eigenvalue weighted by molar-refractivity contribution is 5.94. The molecule has 1 fully saturated rings. The molecule has 0 unspecified atom stereocenters. The Kier molecular flexibility index (Phi) is 8.79. The standard InChI is InChI=1S/C28H35N3O4/c1-34-19-17-30(21-25-14-8-16-29(25)20-23-10-4-2-5-11-23)27(32)22-31(24-12-6-3-7-13-24)28(33)26-15-9-18-35-26/h2,4-5,8-11,14-16,18,24H,3,6-7,12-13,17,19-22H2,1H3. The van der Waals surface area contributed by atoms with Crippen molar-refractivity contribution in [3.05, 3.63) is 84.1 Å². The molecular formula is C28H35N3O4. The van der Waals surface area contributed by atoms with Gasteiger partial charge in [-0.2, -0.15) is 0 Å². The number of carbonyl (C=O) groups is 2. The SMILES string of the molecule is COCCN(Cc1cccn1Cc1ccccc1)C(=O)CN(C(=O)c1ccco1)C1CCCCC1. The topological polar surface area (TPSA) is 67.9 Å². The summed E-state index contributed by atoms with van der Waals surface area (Å²) in [6, 6.07) is 17.7. The molecule has 1 aliphatic rings. The van der Waals surface area contributed by atoms with Gasteiger partial charge in [-0.3, -0.25) is 9.59 Å². The van der Waals surface area contributed by atoms with Crippen molar-refractivity contribution in [1.82, 2.24) is 14.4 Å². The first-order valence-electron chi connectivity index (χ1n) is 12.4. The fourth-order valence-corrected chi connectivity index (χ4v) is 4.76. The zero-order valence-electron chi connectivity index (χ0n) is 20.5. The largest absolute Gasteiger partial charge is 0.459 e. The molecule has 35 heavy (non-hydrogen) atoms. The van der Waals surface area contributed by atoms with Crippen molar-refractivity contribution < 1.29 is 18.7 Å². The second-order valence-corrected chi connectivity index (χ2v) is 9.12. The van der Waals surface area contributed by atoms with Crippen LogP contribution in [0, 0.1) is 0 Å². The van der Waals surface area contributed by atoms with Crippen LogP contribution in [0.5, 0.6) is 0 Å². The number of furan rings is 1. The minimum absolute atomic E-state index is 0.0350. The molecular weight excluding hydrogens is 442 g/mol. The Bertz CT molecular complexity index is 1060. The molecule has 3 aromatic rings. The predicted octanol–water partition coefficient (Wildman–Crippen LogP) is 4.58. The van der Waals surface area contributed by atoms with Crippen LogP contribution in [-0.2, 0) is 22.6 Å². The van der Waals surface area contributed by atoms with E-state index >= 15 is 0 Å². The van der Waals surface area contributed by atoms with Crippen LogP contribution in [0.3, 0.4) is 0 Å². The zero-order valence-corrected chi connectivity index (χ0v) is 20.5. The summed E-state index contributed by atoms with van der Waals surface area (Å²) in [5.41, 5.74) is 2.24. The van der Waals surface area contributed by atoms with Gasteiger partial charge in [0.15, 0.2) is 5.76 Å². The van der Waals surface area contributed by atoms with Crippen LogP contribution in [0.1, 0.15) is 53.9 Å². The van der Waals surface area contributed by atoms with Crippen molar-refractivity contribution in [2.45, 2.75) is 51.2 Å². The molecule has 4 rings (SSSR count). The molecule has 2 amide bonds. The summed E-state index contributed by atoms with van der Waals surface area (Å²) in [5, 5.41) is 0. The average Bonchev–Trinajstić information content (AvgIpc) is 3.58. The number of carbonyl (C=O) groups excluding carboxylic acids is 2. The quantitative estimate of drug-likeness (QED) is 0.405. The molecule has 7 heteroatoms. The van der Waals surface area contributed by atoms with E-state index in [9.17, 15) is 9.59 Å². The van der Waals surface area contributed by atoms with Gasteiger partial charge < -0.3 is 23.5 Å². The molecule has 0 radical (unpaired) electrons. The van der Waals surface area contributed by atoms with Crippen molar-refractivity contribution >= 4 is 11.8 Å². The molecule has 1 aromatic carbocycles. The fraction of sp³-hybridized carbons (Fsp3) is 0.429. The summed E-state index contributed by atoms with van der Waals surface area (Å²) in [7, 11) is 1.63. The maximum absolute atomic E-state index is 13.6. The highest BCUT2D eigenvalue weighted by Gasteiger charge is 2.31. The van der Waals surface area contributed by atoms with Gasteiger partial charge in [0.25, 0.3) is 5.91 Å². The molecule has 1 saturated carbocycles. The van der Waals surface area contributed by atoms with Gasteiger partial charge in [0.05, 0.1) is 19.4 Å². The molecule has 186 valence electrons. The van der Waals surface area contributed by atoms with Crippen molar-refractivity contribution in [3.63, 3.8) is 0 Å². The van der Waals surface area contributed by atoms with Crippen LogP contribution in [-0.4, -0.2) is 59.0 Å². The van der Waals surface area contributed by atoms with Gasteiger partial charge in [-0.25, -0.2) is 0 Å². The summed E-state index contributed by atoms with van der Waals surface area (Å²) in [4.78, 5) is 30.4. The van der Waals surface area contributed by atoms with Crippen LogP contribution in [0.15, 0.2) is 71.5 Å². The molecule has 0 saturated heterocycles. The van der Waals surface area contributed by atoms with Gasteiger partial charge in [0, 0.05) is 38.1 Å². The van der Waals surface area contributed by atoms with Gasteiger partial charge in [0.1, 0.15) is 6.54 Å². The number of hydrogen-bond acceptors (Lipinski definition) is 4. The fourth-order valence-electron chi connectivity index (χ4n) is 4.76. The summed E-state index contributed by atoms with van der Waals surface area (Å²) in [5.74, 6) is -0.0158. The van der Waals surface area contributed by atoms with Crippen LogP contribution < -0.4 is 0 Å². The van der Waals surface area contributed by atoms with E-state index < -0.39 is 0 Å². The Morgan fingerprint density at radius 2 is 1.83 bits per heavy atom. The first-order valence-corrected chi connectivity index (χ1v) is 12.4. The van der Waals surface area contributed by atoms with E-state index in [1.807, 2.05) is 36.5 Å². The maximum atomic E-state index is 13.6. The smallest absolute Gasteiger partial charge is 0.290 e. The third kappa shape index (κ3) is 6.63. The van der Waals surface area contributed by atoms with E-state index in [-0.39, 0.29) is 30.2 Å². The predicted molar refractivity (Wildman–Crippen MR) is 134 cm³/mol. The van der Waals surface area contributed by atoms with Crippen LogP contribution >= 0.6 is 0 Å². The Hall–Kier alpha value is -3.32. The Labute approximate surface area is 207 Å². The molecule has 2 heterocycles. The van der Waals surface area contributed by atoms with Crippen LogP contribution in [0.4, 0.5) is 0 Å². The molecule has 0 spiro atoms. The second kappa shape index (κ2) is 12.4. The third-order valence-electron chi connectivity index (χ3n) is 6.70. The van der Waals surface area contributed by atoms with Gasteiger partial charge in [0.2, 0.25) is 5.91 Å². The lowest BCUT2D eigenvalue weighted by Crippen LogP contribution is -2.48. The number of aromatic nitrogens is 1. The molecule has 0 N–H and O–H groups in total. The van der Waals surface area contributed by atoms with E-state index in [2.05, 4.69) is 16.7 Å². The Balaban J connectivity index is 1.50. The van der Waals surface area contributed by atoms with Gasteiger partial charge in [-0.05, 0) is 42.7 Å². The van der Waals surface area contributed by atoms with Crippen LogP contribution in [0.2, 0.25) is 0 Å². The van der Waals surface area contributed by atoms with E-state index in [0.717, 1.165) is 37.9 Å². The molecule has 0 bridgehead atoms.